The molecule has 2 aliphatic rings. The Hall–Kier alpha value is -4.45. The minimum Gasteiger partial charge on any atom is -0.454 e. The van der Waals surface area contributed by atoms with E-state index in [-0.39, 0.29) is 16.7 Å². The number of carbonyl (C=O) groups is 2. The molecule has 0 saturated carbocycles. The van der Waals surface area contributed by atoms with Crippen LogP contribution in [0.1, 0.15) is 41.9 Å². The van der Waals surface area contributed by atoms with Crippen LogP contribution in [0.3, 0.4) is 0 Å². The van der Waals surface area contributed by atoms with E-state index in [9.17, 15) is 19.6 Å². The van der Waals surface area contributed by atoms with Crippen molar-refractivity contribution in [2.75, 3.05) is 30.5 Å². The van der Waals surface area contributed by atoms with Crippen molar-refractivity contribution in [3.8, 4) is 6.07 Å². The van der Waals surface area contributed by atoms with Gasteiger partial charge in [0, 0.05) is 27.1 Å². The van der Waals surface area contributed by atoms with Crippen LogP contribution in [-0.4, -0.2) is 42.0 Å². The van der Waals surface area contributed by atoms with Gasteiger partial charge in [0.15, 0.2) is 6.61 Å². The SMILES string of the molecule is CN1C(=C(C#N)C(=O)COC(=O)c2ccc3c(=O)n4c(nc3c2)CCCCCC4)N(C)c2ccccc21. The molecule has 2 aliphatic heterocycles. The summed E-state index contributed by atoms with van der Waals surface area (Å²) in [6, 6.07) is 14.2. The van der Waals surface area contributed by atoms with Crippen LogP contribution >= 0.6 is 0 Å². The molecule has 2 aromatic carbocycles. The summed E-state index contributed by atoms with van der Waals surface area (Å²) in [6.45, 7) is 0.0662. The maximum absolute atomic E-state index is 13.0. The topological polar surface area (TPSA) is 109 Å². The van der Waals surface area contributed by atoms with E-state index in [0.29, 0.717) is 29.7 Å². The van der Waals surface area contributed by atoms with E-state index in [0.717, 1.165) is 42.9 Å². The molecule has 9 heteroatoms. The van der Waals surface area contributed by atoms with Gasteiger partial charge >= 0.3 is 5.97 Å². The highest BCUT2D eigenvalue weighted by atomic mass is 16.5. The molecule has 5 rings (SSSR count). The smallest absolute Gasteiger partial charge is 0.338 e. The summed E-state index contributed by atoms with van der Waals surface area (Å²) >= 11 is 0. The third-order valence-corrected chi connectivity index (χ3v) is 6.99. The lowest BCUT2D eigenvalue weighted by Crippen LogP contribution is -2.28. The summed E-state index contributed by atoms with van der Waals surface area (Å²) in [4.78, 5) is 47.0. The molecule has 0 amide bonds. The van der Waals surface area contributed by atoms with Gasteiger partial charge in [-0.1, -0.05) is 25.0 Å². The molecule has 9 nitrogen and oxygen atoms in total. The van der Waals surface area contributed by atoms with Gasteiger partial charge in [-0.3, -0.25) is 14.2 Å². The van der Waals surface area contributed by atoms with Gasteiger partial charge in [0.25, 0.3) is 5.56 Å². The normalized spacial score (nSPS) is 14.9. The van der Waals surface area contributed by atoms with E-state index in [2.05, 4.69) is 4.98 Å². The second-order valence-electron chi connectivity index (χ2n) is 9.30. The second-order valence-corrected chi connectivity index (χ2v) is 9.30. The molecule has 0 spiro atoms. The van der Waals surface area contributed by atoms with Crippen molar-refractivity contribution < 1.29 is 14.3 Å². The van der Waals surface area contributed by atoms with Gasteiger partial charge in [-0.25, -0.2) is 9.78 Å². The highest BCUT2D eigenvalue weighted by molar-refractivity contribution is 6.04. The molecule has 0 unspecified atom stereocenters. The molecular weight excluding hydrogens is 470 g/mol. The Bertz CT molecular complexity index is 1520. The fourth-order valence-electron chi connectivity index (χ4n) is 5.07. The largest absolute Gasteiger partial charge is 0.454 e. The van der Waals surface area contributed by atoms with Crippen LogP contribution in [0.2, 0.25) is 0 Å². The van der Waals surface area contributed by atoms with Crippen LogP contribution in [0.4, 0.5) is 11.4 Å². The monoisotopic (exact) mass is 497 g/mol. The number of Topliss-reactive ketones (excluding diaryl/α,β-unsaturated/α-hetero) is 1. The Morgan fingerprint density at radius 1 is 1.03 bits per heavy atom. The minimum atomic E-state index is -0.720. The van der Waals surface area contributed by atoms with E-state index in [4.69, 9.17) is 4.74 Å². The van der Waals surface area contributed by atoms with E-state index < -0.39 is 18.4 Å². The number of anilines is 2. The lowest BCUT2D eigenvalue weighted by Gasteiger charge is -2.19. The number of hydrogen-bond acceptors (Lipinski definition) is 8. The van der Waals surface area contributed by atoms with Crippen molar-refractivity contribution >= 4 is 34.0 Å². The van der Waals surface area contributed by atoms with Gasteiger partial charge in [0.1, 0.15) is 23.3 Å². The molecule has 3 aromatic rings. The maximum atomic E-state index is 13.0. The molecule has 0 radical (unpaired) electrons. The van der Waals surface area contributed by atoms with E-state index >= 15 is 0 Å². The fraction of sp³-hybridized carbons (Fsp3) is 0.321. The standard InChI is InChI=1S/C28H27N5O4/c1-31-22-9-6-7-10-23(22)32(2)26(31)20(16-29)24(34)17-37-28(36)18-12-13-19-21(15-18)30-25-11-5-3-4-8-14-33(25)27(19)35/h6-7,9-10,12-13,15H,3-5,8,11,14,17H2,1-2H3. The molecule has 0 N–H and O–H groups in total. The van der Waals surface area contributed by atoms with Crippen LogP contribution in [0.15, 0.2) is 58.7 Å². The first-order valence-corrected chi connectivity index (χ1v) is 12.4. The Morgan fingerprint density at radius 3 is 2.43 bits per heavy atom. The predicted octanol–water partition coefficient (Wildman–Crippen LogP) is 3.56. The zero-order valence-electron chi connectivity index (χ0n) is 20.9. The van der Waals surface area contributed by atoms with E-state index in [1.165, 1.54) is 12.1 Å². The first-order valence-electron chi connectivity index (χ1n) is 12.4. The van der Waals surface area contributed by atoms with Crippen LogP contribution in [-0.2, 0) is 22.5 Å². The van der Waals surface area contributed by atoms with Crippen molar-refractivity contribution in [2.24, 2.45) is 0 Å². The predicted molar refractivity (Wildman–Crippen MR) is 139 cm³/mol. The van der Waals surface area contributed by atoms with Gasteiger partial charge in [0.05, 0.1) is 27.8 Å². The first-order chi connectivity index (χ1) is 17.9. The van der Waals surface area contributed by atoms with Crippen molar-refractivity contribution in [3.63, 3.8) is 0 Å². The Balaban J connectivity index is 1.36. The van der Waals surface area contributed by atoms with Gasteiger partial charge in [-0.05, 0) is 43.2 Å². The molecule has 0 saturated heterocycles. The number of carbonyl (C=O) groups excluding carboxylic acids is 2. The van der Waals surface area contributed by atoms with Crippen molar-refractivity contribution in [1.29, 1.82) is 5.26 Å². The number of aryl methyl sites for hydroxylation is 1. The summed E-state index contributed by atoms with van der Waals surface area (Å²) in [5, 5.41) is 10.2. The van der Waals surface area contributed by atoms with Crippen LogP contribution < -0.4 is 15.4 Å². The molecule has 0 aliphatic carbocycles. The average Bonchev–Trinajstić information content (AvgIpc) is 3.14. The molecular formula is C28H27N5O4. The lowest BCUT2D eigenvalue weighted by atomic mass is 10.1. The van der Waals surface area contributed by atoms with Crippen LogP contribution in [0.5, 0.6) is 0 Å². The van der Waals surface area contributed by atoms with Gasteiger partial charge in [-0.2, -0.15) is 5.26 Å². The summed E-state index contributed by atoms with van der Waals surface area (Å²) in [6.07, 6.45) is 4.82. The highest BCUT2D eigenvalue weighted by Gasteiger charge is 2.31. The van der Waals surface area contributed by atoms with E-state index in [1.54, 1.807) is 34.5 Å². The summed E-state index contributed by atoms with van der Waals surface area (Å²) in [5.41, 5.74) is 2.16. The quantitative estimate of drug-likeness (QED) is 0.306. The van der Waals surface area contributed by atoms with Gasteiger partial charge in [-0.15, -0.1) is 0 Å². The lowest BCUT2D eigenvalue weighted by molar-refractivity contribution is -0.118. The number of fused-ring (bicyclic) bond motifs is 3. The van der Waals surface area contributed by atoms with Gasteiger partial charge in [0.2, 0.25) is 5.78 Å². The summed E-state index contributed by atoms with van der Waals surface area (Å²) < 4.78 is 7.03. The molecule has 0 fully saturated rings. The number of ketones is 1. The number of ether oxygens (including phenoxy) is 1. The van der Waals surface area contributed by atoms with Crippen molar-refractivity contribution in [3.05, 3.63) is 75.6 Å². The van der Waals surface area contributed by atoms with Gasteiger partial charge < -0.3 is 14.5 Å². The minimum absolute atomic E-state index is 0.0965. The number of benzene rings is 2. The molecule has 0 atom stereocenters. The number of rotatable bonds is 4. The number of esters is 1. The number of aromatic nitrogens is 2. The van der Waals surface area contributed by atoms with Crippen LogP contribution in [0.25, 0.3) is 10.9 Å². The first kappa shape index (κ1) is 24.3. The summed E-state index contributed by atoms with van der Waals surface area (Å²) in [7, 11) is 3.56. The zero-order chi connectivity index (χ0) is 26.1. The van der Waals surface area contributed by atoms with E-state index in [1.807, 2.05) is 30.3 Å². The average molecular weight is 498 g/mol. The molecule has 1 aromatic heterocycles. The van der Waals surface area contributed by atoms with Crippen molar-refractivity contribution in [2.45, 2.75) is 38.6 Å². The molecule has 188 valence electrons. The molecule has 0 bridgehead atoms. The third kappa shape index (κ3) is 4.35. The highest BCUT2D eigenvalue weighted by Crippen LogP contribution is 2.40. The zero-order valence-corrected chi connectivity index (χ0v) is 20.9. The second kappa shape index (κ2) is 9.90. The summed E-state index contributed by atoms with van der Waals surface area (Å²) in [5.74, 6) is -0.163. The Labute approximate surface area is 214 Å². The maximum Gasteiger partial charge on any atom is 0.338 e. The fourth-order valence-corrected chi connectivity index (χ4v) is 5.07. The third-order valence-electron chi connectivity index (χ3n) is 6.99. The van der Waals surface area contributed by atoms with Crippen LogP contribution in [0, 0.1) is 11.3 Å². The number of hydrogen-bond donors (Lipinski definition) is 0. The number of nitriles is 1. The Kier molecular flexibility index (Phi) is 6.49. The van der Waals surface area contributed by atoms with Crippen molar-refractivity contribution in [1.82, 2.24) is 9.55 Å². The number of nitrogens with zero attached hydrogens (tertiary/aromatic N) is 5. The molecule has 37 heavy (non-hydrogen) atoms. The molecule has 3 heterocycles. The number of para-hydroxylation sites is 2. The Morgan fingerprint density at radius 2 is 1.73 bits per heavy atom.